The van der Waals surface area contributed by atoms with Gasteiger partial charge in [0.15, 0.2) is 18.0 Å². The first-order chi connectivity index (χ1) is 18.3. The first-order valence-corrected chi connectivity index (χ1v) is 13.3. The number of hydrogen-bond acceptors (Lipinski definition) is 9. The van der Waals surface area contributed by atoms with Crippen LogP contribution in [0.1, 0.15) is 17.4 Å². The van der Waals surface area contributed by atoms with Crippen LogP contribution in [0.3, 0.4) is 0 Å². The topological polar surface area (TPSA) is 135 Å². The number of aliphatic hydroxyl groups is 1. The van der Waals surface area contributed by atoms with E-state index in [2.05, 4.69) is 4.98 Å². The molecule has 1 saturated heterocycles. The fraction of sp³-hybridized carbons (Fsp3) is 0.333. The summed E-state index contributed by atoms with van der Waals surface area (Å²) in [6.45, 7) is 2.24. The van der Waals surface area contributed by atoms with Gasteiger partial charge in [-0.15, -0.1) is 0 Å². The highest BCUT2D eigenvalue weighted by Gasteiger charge is 2.62. The van der Waals surface area contributed by atoms with E-state index in [1.165, 1.54) is 24.3 Å². The molecule has 3 aromatic rings. The highest BCUT2D eigenvalue weighted by Crippen LogP contribution is 2.52. The van der Waals surface area contributed by atoms with Crippen LogP contribution in [0, 0.1) is 13.8 Å². The molecule has 2 aromatic carbocycles. The zero-order chi connectivity index (χ0) is 28.5. The van der Waals surface area contributed by atoms with E-state index in [1.54, 1.807) is 38.1 Å². The van der Waals surface area contributed by atoms with E-state index in [0.717, 1.165) is 17.3 Å². The van der Waals surface area contributed by atoms with Crippen molar-refractivity contribution >= 4 is 25.2 Å². The van der Waals surface area contributed by atoms with Gasteiger partial charge in [0.05, 0.1) is 11.6 Å². The number of nitrogen functional groups attached to an aromatic ring is 1. The summed E-state index contributed by atoms with van der Waals surface area (Å²) in [7, 11) is -4.76. The molecule has 10 nitrogen and oxygen atoms in total. The fourth-order valence-corrected chi connectivity index (χ4v) is 5.12. The number of phosphoric ester groups is 1. The zero-order valence-corrected chi connectivity index (χ0v) is 22.2. The summed E-state index contributed by atoms with van der Waals surface area (Å²) in [6.07, 6.45) is -9.96. The number of aryl methyl sites for hydroxylation is 2. The Balaban J connectivity index is 1.65. The van der Waals surface area contributed by atoms with Gasteiger partial charge in [-0.05, 0) is 38.1 Å². The van der Waals surface area contributed by atoms with E-state index < -0.39 is 50.6 Å². The maximum atomic E-state index is 15.2. The van der Waals surface area contributed by atoms with Gasteiger partial charge in [-0.2, -0.15) is 4.98 Å². The molecule has 0 spiro atoms. The number of benzene rings is 2. The van der Waals surface area contributed by atoms with E-state index in [0.29, 0.717) is 4.57 Å². The van der Waals surface area contributed by atoms with Crippen molar-refractivity contribution in [1.29, 1.82) is 0 Å². The molecule has 1 aliphatic heterocycles. The maximum Gasteiger partial charge on any atom is 0.587 e. The normalized spacial score (nSPS) is 23.2. The van der Waals surface area contributed by atoms with Crippen LogP contribution in [0.4, 0.5) is 19.0 Å². The van der Waals surface area contributed by atoms with Gasteiger partial charge in [-0.3, -0.25) is 9.09 Å². The monoisotopic (exact) mass is 589 g/mol. The van der Waals surface area contributed by atoms with E-state index in [1.807, 2.05) is 0 Å². The molecule has 1 fully saturated rings. The Morgan fingerprint density at radius 1 is 1.13 bits per heavy atom. The molecule has 1 aliphatic rings. The summed E-state index contributed by atoms with van der Waals surface area (Å²) in [4.78, 5) is 15.6. The van der Waals surface area contributed by atoms with Crippen molar-refractivity contribution < 1.29 is 41.2 Å². The molecule has 0 aliphatic carbocycles. The van der Waals surface area contributed by atoms with E-state index in [4.69, 9.17) is 35.6 Å². The summed E-state index contributed by atoms with van der Waals surface area (Å²) >= 11 is 5.85. The number of ether oxygens (including phenoxy) is 1. The third-order valence-corrected chi connectivity index (χ3v) is 7.52. The van der Waals surface area contributed by atoms with E-state index in [9.17, 15) is 23.2 Å². The van der Waals surface area contributed by atoms with Crippen LogP contribution in [0.2, 0.25) is 5.02 Å². The molecular weight excluding hydrogens is 566 g/mol. The van der Waals surface area contributed by atoms with Gasteiger partial charge in [0, 0.05) is 6.20 Å². The lowest BCUT2D eigenvalue weighted by molar-refractivity contribution is -0.193. The van der Waals surface area contributed by atoms with Crippen molar-refractivity contribution in [3.63, 3.8) is 0 Å². The van der Waals surface area contributed by atoms with Crippen LogP contribution in [0.25, 0.3) is 0 Å². The number of alkyl halides is 3. The van der Waals surface area contributed by atoms with E-state index >= 15 is 4.39 Å². The van der Waals surface area contributed by atoms with Crippen molar-refractivity contribution in [3.8, 4) is 11.5 Å². The highest BCUT2D eigenvalue weighted by molar-refractivity contribution is 7.49. The molecule has 15 heteroatoms. The summed E-state index contributed by atoms with van der Waals surface area (Å²) < 4.78 is 79.5. The summed E-state index contributed by atoms with van der Waals surface area (Å²) in [5, 5.41) is 10.3. The lowest BCUT2D eigenvalue weighted by Gasteiger charge is -2.31. The molecule has 0 bridgehead atoms. The predicted octanol–water partition coefficient (Wildman–Crippen LogP) is 4.61. The number of aromatic nitrogens is 2. The number of nitrogens with zero attached hydrogens (tertiary/aromatic N) is 2. The second-order valence-electron chi connectivity index (χ2n) is 8.85. The molecule has 210 valence electrons. The Labute approximate surface area is 225 Å². The van der Waals surface area contributed by atoms with Crippen molar-refractivity contribution in [2.75, 3.05) is 12.3 Å². The number of aliphatic hydroxyl groups excluding tert-OH is 1. The SMILES string of the molecule is Cc1ccc(OP(=O)(OC[C@@]2(C(F)F)O[C@@H](n3cc(Cl)c(N)nc3=O)[C@H](F)[C@@H]2O)Oc2ccc(C)cc2)cc1. The van der Waals surface area contributed by atoms with Gasteiger partial charge in [-0.1, -0.05) is 47.0 Å². The van der Waals surface area contributed by atoms with E-state index in [-0.39, 0.29) is 22.3 Å². The molecule has 39 heavy (non-hydrogen) atoms. The Morgan fingerprint density at radius 2 is 1.64 bits per heavy atom. The minimum atomic E-state index is -4.76. The molecule has 1 aromatic heterocycles. The van der Waals surface area contributed by atoms with Gasteiger partial charge in [0.1, 0.15) is 23.4 Å². The van der Waals surface area contributed by atoms with Crippen molar-refractivity contribution in [2.45, 2.75) is 44.4 Å². The molecule has 3 N–H and O–H groups in total. The third-order valence-electron chi connectivity index (χ3n) is 5.92. The minimum Gasteiger partial charge on any atom is -0.395 e. The fourth-order valence-electron chi connectivity index (χ4n) is 3.71. The minimum absolute atomic E-state index is 0.0189. The summed E-state index contributed by atoms with van der Waals surface area (Å²) in [6, 6.07) is 12.3. The molecule has 0 unspecified atom stereocenters. The second-order valence-corrected chi connectivity index (χ2v) is 10.8. The number of rotatable bonds is 9. The standard InChI is InChI=1S/C24H24ClF3N3O7P/c1-13-3-7-15(8-4-13)37-39(34,38-16-9-5-14(2)6-10-16)35-12-24(22(27)28)19(32)18(26)21(36-24)31-11-17(25)20(29)30-23(31)33/h3-11,18-19,21-22,32H,12H2,1-2H3,(H2,29,30,33)/t18-,19+,21-,24-/m1/s1. The Morgan fingerprint density at radius 3 is 2.13 bits per heavy atom. The summed E-state index contributed by atoms with van der Waals surface area (Å²) in [5.74, 6) is -0.339. The van der Waals surface area contributed by atoms with Crippen LogP contribution in [0.5, 0.6) is 11.5 Å². The van der Waals surface area contributed by atoms with Crippen LogP contribution >= 0.6 is 19.4 Å². The molecule has 2 heterocycles. The van der Waals surface area contributed by atoms with Crippen LogP contribution in [0.15, 0.2) is 59.5 Å². The van der Waals surface area contributed by atoms with Crippen LogP contribution in [-0.4, -0.2) is 45.6 Å². The number of hydrogen-bond donors (Lipinski definition) is 2. The number of phosphoric acid groups is 1. The lowest BCUT2D eigenvalue weighted by Crippen LogP contribution is -2.52. The van der Waals surface area contributed by atoms with Crippen LogP contribution < -0.4 is 20.5 Å². The average Bonchev–Trinajstić information content (AvgIpc) is 3.14. The maximum absolute atomic E-state index is 15.2. The molecule has 0 saturated carbocycles. The predicted molar refractivity (Wildman–Crippen MR) is 135 cm³/mol. The summed E-state index contributed by atoms with van der Waals surface area (Å²) in [5.41, 5.74) is 2.89. The van der Waals surface area contributed by atoms with Crippen molar-refractivity contribution in [1.82, 2.24) is 9.55 Å². The Kier molecular flexibility index (Phi) is 8.29. The van der Waals surface area contributed by atoms with Gasteiger partial charge >= 0.3 is 13.5 Å². The number of halogens is 4. The van der Waals surface area contributed by atoms with Gasteiger partial charge in [0.25, 0.3) is 6.43 Å². The number of anilines is 1. The molecule has 4 rings (SSSR count). The third kappa shape index (κ3) is 6.07. The smallest absolute Gasteiger partial charge is 0.395 e. The largest absolute Gasteiger partial charge is 0.587 e. The number of nitrogens with two attached hydrogens (primary N) is 1. The highest BCUT2D eigenvalue weighted by atomic mass is 35.5. The first kappa shape index (κ1) is 28.9. The van der Waals surface area contributed by atoms with Crippen LogP contribution in [-0.2, 0) is 13.8 Å². The van der Waals surface area contributed by atoms with Gasteiger partial charge < -0.3 is 24.6 Å². The molecular formula is C24H24ClF3N3O7P. The first-order valence-electron chi connectivity index (χ1n) is 11.4. The Hall–Kier alpha value is -3.09. The average molecular weight is 590 g/mol. The van der Waals surface area contributed by atoms with Crippen molar-refractivity contribution in [2.24, 2.45) is 0 Å². The Bertz CT molecular complexity index is 1380. The second kappa shape index (κ2) is 11.2. The zero-order valence-electron chi connectivity index (χ0n) is 20.5. The van der Waals surface area contributed by atoms with Crippen molar-refractivity contribution in [3.05, 3.63) is 81.4 Å². The van der Waals surface area contributed by atoms with Gasteiger partial charge in [0.2, 0.25) is 0 Å². The molecule has 0 radical (unpaired) electrons. The van der Waals surface area contributed by atoms with Gasteiger partial charge in [-0.25, -0.2) is 22.5 Å². The lowest BCUT2D eigenvalue weighted by atomic mass is 9.97. The quantitative estimate of drug-likeness (QED) is 0.343. The molecule has 4 atom stereocenters. The molecule has 0 amide bonds.